The van der Waals surface area contributed by atoms with Gasteiger partial charge in [0.05, 0.1) is 7.11 Å². The molecule has 0 saturated heterocycles. The minimum absolute atomic E-state index is 0.187. The van der Waals surface area contributed by atoms with Crippen LogP contribution in [-0.2, 0) is 0 Å². The number of nitrogens with zero attached hydrogens (tertiary/aromatic N) is 1. The summed E-state index contributed by atoms with van der Waals surface area (Å²) in [5.41, 5.74) is 2.64. The third kappa shape index (κ3) is 2.26. The average molecular weight is 264 g/mol. The predicted molar refractivity (Wildman–Crippen MR) is 70.8 cm³/mol. The molecule has 1 aromatic carbocycles. The van der Waals surface area contributed by atoms with Gasteiger partial charge in [0.15, 0.2) is 11.6 Å². The van der Waals surface area contributed by atoms with Crippen LogP contribution in [0.1, 0.15) is 11.3 Å². The number of benzene rings is 1. The highest BCUT2D eigenvalue weighted by molar-refractivity contribution is 7.71. The van der Waals surface area contributed by atoms with E-state index in [9.17, 15) is 4.39 Å². The van der Waals surface area contributed by atoms with Crippen molar-refractivity contribution >= 4 is 12.2 Å². The smallest absolute Gasteiger partial charge is 0.165 e. The van der Waals surface area contributed by atoms with Crippen LogP contribution in [0.5, 0.6) is 5.75 Å². The Morgan fingerprint density at radius 2 is 2.06 bits per heavy atom. The molecular formula is C13H13FN2OS. The lowest BCUT2D eigenvalue weighted by atomic mass is 10.2. The molecule has 0 bridgehead atoms. The second kappa shape index (κ2) is 4.86. The van der Waals surface area contributed by atoms with Gasteiger partial charge in [-0.3, -0.25) is 0 Å². The van der Waals surface area contributed by atoms with Crippen LogP contribution < -0.4 is 4.74 Å². The fraction of sp³-hybridized carbons (Fsp3) is 0.231. The van der Waals surface area contributed by atoms with Gasteiger partial charge in [-0.2, -0.15) is 0 Å². The summed E-state index contributed by atoms with van der Waals surface area (Å²) in [4.78, 5) is 7.44. The molecule has 5 heteroatoms. The molecule has 0 aliphatic carbocycles. The van der Waals surface area contributed by atoms with E-state index in [0.29, 0.717) is 10.5 Å². The SMILES string of the molecule is COc1cc(-c2nc(=S)c(C)c(C)[nH]2)ccc1F. The van der Waals surface area contributed by atoms with Crippen molar-refractivity contribution in [2.24, 2.45) is 0 Å². The lowest BCUT2D eigenvalue weighted by molar-refractivity contribution is 0.386. The molecule has 94 valence electrons. The van der Waals surface area contributed by atoms with Gasteiger partial charge in [-0.15, -0.1) is 0 Å². The molecule has 1 N–H and O–H groups in total. The third-order valence-corrected chi connectivity index (χ3v) is 3.22. The standard InChI is InChI=1S/C13H13FN2OS/c1-7-8(2)15-12(16-13(7)18)9-4-5-10(14)11(6-9)17-3/h4-6H,1-3H3,(H,15,16,18). The number of methoxy groups -OCH3 is 1. The van der Waals surface area contributed by atoms with E-state index in [1.54, 1.807) is 12.1 Å². The second-order valence-corrected chi connectivity index (χ2v) is 4.38. The highest BCUT2D eigenvalue weighted by Gasteiger charge is 2.08. The van der Waals surface area contributed by atoms with Gasteiger partial charge in [0.2, 0.25) is 0 Å². The molecular weight excluding hydrogens is 251 g/mol. The van der Waals surface area contributed by atoms with Crippen LogP contribution in [-0.4, -0.2) is 17.1 Å². The zero-order valence-corrected chi connectivity index (χ0v) is 11.2. The Morgan fingerprint density at radius 3 is 2.67 bits per heavy atom. The largest absolute Gasteiger partial charge is 0.494 e. The quantitative estimate of drug-likeness (QED) is 0.843. The number of ether oxygens (including phenoxy) is 1. The molecule has 0 saturated carbocycles. The topological polar surface area (TPSA) is 37.9 Å². The summed E-state index contributed by atoms with van der Waals surface area (Å²) < 4.78 is 18.8. The Kier molecular flexibility index (Phi) is 3.43. The summed E-state index contributed by atoms with van der Waals surface area (Å²) in [6, 6.07) is 4.58. The van der Waals surface area contributed by atoms with E-state index >= 15 is 0 Å². The number of hydrogen-bond acceptors (Lipinski definition) is 3. The van der Waals surface area contributed by atoms with Crippen LogP contribution in [0.15, 0.2) is 18.2 Å². The number of aryl methyl sites for hydroxylation is 1. The maximum Gasteiger partial charge on any atom is 0.165 e. The average Bonchev–Trinajstić information content (AvgIpc) is 2.36. The van der Waals surface area contributed by atoms with Crippen molar-refractivity contribution in [2.75, 3.05) is 7.11 Å². The Hall–Kier alpha value is -1.75. The van der Waals surface area contributed by atoms with E-state index < -0.39 is 5.82 Å². The van der Waals surface area contributed by atoms with Crippen LogP contribution >= 0.6 is 12.2 Å². The van der Waals surface area contributed by atoms with Crippen molar-refractivity contribution in [1.29, 1.82) is 0 Å². The number of rotatable bonds is 2. The van der Waals surface area contributed by atoms with Gasteiger partial charge in [-0.1, -0.05) is 12.2 Å². The number of H-pyrrole nitrogens is 1. The first-order chi connectivity index (χ1) is 8.52. The van der Waals surface area contributed by atoms with Crippen molar-refractivity contribution in [1.82, 2.24) is 9.97 Å². The zero-order valence-electron chi connectivity index (χ0n) is 10.4. The molecule has 0 radical (unpaired) electrons. The van der Waals surface area contributed by atoms with E-state index in [1.807, 2.05) is 13.8 Å². The van der Waals surface area contributed by atoms with Crippen LogP contribution in [0.2, 0.25) is 0 Å². The minimum Gasteiger partial charge on any atom is -0.494 e. The predicted octanol–water partition coefficient (Wildman–Crippen LogP) is 3.57. The molecule has 0 amide bonds. The summed E-state index contributed by atoms with van der Waals surface area (Å²) in [5.74, 6) is 0.400. The first-order valence-corrected chi connectivity index (χ1v) is 5.85. The zero-order chi connectivity index (χ0) is 13.3. The maximum absolute atomic E-state index is 13.3. The third-order valence-electron chi connectivity index (χ3n) is 2.83. The molecule has 0 fully saturated rings. The highest BCUT2D eigenvalue weighted by Crippen LogP contribution is 2.24. The van der Waals surface area contributed by atoms with E-state index in [4.69, 9.17) is 17.0 Å². The number of hydrogen-bond donors (Lipinski definition) is 1. The Bertz CT molecular complexity index is 652. The number of halogens is 1. The molecule has 3 nitrogen and oxygen atoms in total. The highest BCUT2D eigenvalue weighted by atomic mass is 32.1. The van der Waals surface area contributed by atoms with Gasteiger partial charge in [0.1, 0.15) is 10.5 Å². The van der Waals surface area contributed by atoms with Crippen molar-refractivity contribution in [3.63, 3.8) is 0 Å². The summed E-state index contributed by atoms with van der Waals surface area (Å²) >= 11 is 5.18. The Balaban J connectivity index is 2.59. The van der Waals surface area contributed by atoms with Gasteiger partial charge >= 0.3 is 0 Å². The number of aromatic amines is 1. The monoisotopic (exact) mass is 264 g/mol. The van der Waals surface area contributed by atoms with Crippen molar-refractivity contribution in [3.05, 3.63) is 39.9 Å². The molecule has 18 heavy (non-hydrogen) atoms. The van der Waals surface area contributed by atoms with Gasteiger partial charge in [-0.05, 0) is 32.0 Å². The summed E-state index contributed by atoms with van der Waals surface area (Å²) in [7, 11) is 1.43. The second-order valence-electron chi connectivity index (χ2n) is 3.99. The summed E-state index contributed by atoms with van der Waals surface area (Å²) in [5, 5.41) is 0. The van der Waals surface area contributed by atoms with Crippen LogP contribution in [0, 0.1) is 24.3 Å². The molecule has 0 aliphatic rings. The van der Waals surface area contributed by atoms with Crippen LogP contribution in [0.4, 0.5) is 4.39 Å². The molecule has 1 aromatic heterocycles. The van der Waals surface area contributed by atoms with Crippen LogP contribution in [0.25, 0.3) is 11.4 Å². The van der Waals surface area contributed by atoms with Gasteiger partial charge in [0, 0.05) is 16.8 Å². The molecule has 0 spiro atoms. The maximum atomic E-state index is 13.3. The fourth-order valence-electron chi connectivity index (χ4n) is 1.59. The van der Waals surface area contributed by atoms with Gasteiger partial charge in [0.25, 0.3) is 0 Å². The van der Waals surface area contributed by atoms with Gasteiger partial charge in [-0.25, -0.2) is 9.37 Å². The fourth-order valence-corrected chi connectivity index (χ4v) is 1.83. The lowest BCUT2D eigenvalue weighted by Crippen LogP contribution is -1.97. The number of nitrogens with one attached hydrogen (secondary N) is 1. The van der Waals surface area contributed by atoms with E-state index in [2.05, 4.69) is 9.97 Å². The molecule has 0 atom stereocenters. The van der Waals surface area contributed by atoms with Gasteiger partial charge < -0.3 is 9.72 Å². The number of aromatic nitrogens is 2. The molecule has 0 aliphatic heterocycles. The van der Waals surface area contributed by atoms with Crippen molar-refractivity contribution in [3.8, 4) is 17.1 Å². The summed E-state index contributed by atoms with van der Waals surface area (Å²) in [6.45, 7) is 3.84. The molecule has 1 heterocycles. The summed E-state index contributed by atoms with van der Waals surface area (Å²) in [6.07, 6.45) is 0. The molecule has 0 unspecified atom stereocenters. The lowest BCUT2D eigenvalue weighted by Gasteiger charge is -2.08. The first-order valence-electron chi connectivity index (χ1n) is 5.44. The normalized spacial score (nSPS) is 10.4. The minimum atomic E-state index is -0.399. The van der Waals surface area contributed by atoms with E-state index in [1.165, 1.54) is 13.2 Å². The molecule has 2 aromatic rings. The Labute approximate surface area is 110 Å². The first kappa shape index (κ1) is 12.7. The molecule has 2 rings (SSSR count). The Morgan fingerprint density at radius 1 is 1.33 bits per heavy atom. The van der Waals surface area contributed by atoms with E-state index in [-0.39, 0.29) is 5.75 Å². The van der Waals surface area contributed by atoms with Crippen molar-refractivity contribution < 1.29 is 9.13 Å². The van der Waals surface area contributed by atoms with Crippen LogP contribution in [0.3, 0.4) is 0 Å². The van der Waals surface area contributed by atoms with Crippen molar-refractivity contribution in [2.45, 2.75) is 13.8 Å². The van der Waals surface area contributed by atoms with E-state index in [0.717, 1.165) is 16.8 Å².